The van der Waals surface area contributed by atoms with E-state index >= 15 is 0 Å². The van der Waals surface area contributed by atoms with Crippen molar-refractivity contribution in [1.82, 2.24) is 14.9 Å². The van der Waals surface area contributed by atoms with Crippen molar-refractivity contribution in [2.75, 3.05) is 11.9 Å². The molecule has 4 aromatic rings. The van der Waals surface area contributed by atoms with Gasteiger partial charge in [-0.15, -0.1) is 0 Å². The maximum absolute atomic E-state index is 11.9. The Morgan fingerprint density at radius 2 is 1.63 bits per heavy atom. The number of anilines is 2. The topological polar surface area (TPSA) is 58.1 Å². The molecule has 1 aliphatic heterocycles. The fraction of sp³-hybridized carbons (Fsp3) is 0.160. The Labute approximate surface area is 175 Å². The van der Waals surface area contributed by atoms with Crippen molar-refractivity contribution in [2.45, 2.75) is 19.4 Å². The second-order valence-electron chi connectivity index (χ2n) is 7.52. The summed E-state index contributed by atoms with van der Waals surface area (Å²) >= 11 is 0. The molecule has 5 rings (SSSR count). The van der Waals surface area contributed by atoms with Crippen molar-refractivity contribution in [2.24, 2.45) is 0 Å². The van der Waals surface area contributed by atoms with E-state index in [1.165, 1.54) is 0 Å². The highest BCUT2D eigenvalue weighted by Gasteiger charge is 2.19. The van der Waals surface area contributed by atoms with E-state index in [1.807, 2.05) is 71.6 Å². The highest BCUT2D eigenvalue weighted by atomic mass is 16.2. The molecule has 1 aliphatic rings. The normalized spacial score (nSPS) is 13.7. The van der Waals surface area contributed by atoms with Crippen LogP contribution in [0.5, 0.6) is 0 Å². The summed E-state index contributed by atoms with van der Waals surface area (Å²) in [6.45, 7) is 1.53. The predicted molar refractivity (Wildman–Crippen MR) is 119 cm³/mol. The van der Waals surface area contributed by atoms with Crippen LogP contribution in [0.1, 0.15) is 18.4 Å². The number of likely N-dealkylation sites (tertiary alicyclic amines) is 1. The van der Waals surface area contributed by atoms with Crippen LogP contribution in [0.4, 0.5) is 11.5 Å². The minimum Gasteiger partial charge on any atom is -0.340 e. The quantitative estimate of drug-likeness (QED) is 0.508. The molecule has 0 unspecified atom stereocenters. The first kappa shape index (κ1) is 18.3. The molecule has 5 nitrogen and oxygen atoms in total. The molecule has 2 heterocycles. The first-order chi connectivity index (χ1) is 14.8. The second kappa shape index (κ2) is 7.95. The van der Waals surface area contributed by atoms with Crippen LogP contribution in [-0.4, -0.2) is 27.3 Å². The summed E-state index contributed by atoms with van der Waals surface area (Å²) in [6.07, 6.45) is 1.63. The number of nitrogens with one attached hydrogen (secondary N) is 1. The van der Waals surface area contributed by atoms with Gasteiger partial charge in [-0.3, -0.25) is 4.79 Å². The zero-order valence-electron chi connectivity index (χ0n) is 16.6. The van der Waals surface area contributed by atoms with Crippen LogP contribution in [0, 0.1) is 0 Å². The van der Waals surface area contributed by atoms with Gasteiger partial charge in [0.05, 0.1) is 5.52 Å². The maximum atomic E-state index is 11.9. The number of carbonyl (C=O) groups excluding carboxylic acids is 1. The monoisotopic (exact) mass is 394 g/mol. The van der Waals surface area contributed by atoms with Crippen LogP contribution < -0.4 is 5.32 Å². The Bertz CT molecular complexity index is 1190. The van der Waals surface area contributed by atoms with Gasteiger partial charge in [0.2, 0.25) is 5.91 Å². The van der Waals surface area contributed by atoms with Gasteiger partial charge in [0.1, 0.15) is 5.82 Å². The summed E-state index contributed by atoms with van der Waals surface area (Å²) in [6, 6.07) is 26.2. The molecule has 5 heteroatoms. The summed E-state index contributed by atoms with van der Waals surface area (Å²) < 4.78 is 0. The van der Waals surface area contributed by atoms with Gasteiger partial charge in [0.25, 0.3) is 0 Å². The molecule has 0 aliphatic carbocycles. The average Bonchev–Trinajstić information content (AvgIpc) is 3.20. The number of fused-ring (bicyclic) bond motifs is 1. The van der Waals surface area contributed by atoms with Gasteiger partial charge in [-0.25, -0.2) is 9.97 Å². The molecule has 1 amide bonds. The number of nitrogens with zero attached hydrogens (tertiary/aromatic N) is 3. The molecule has 0 bridgehead atoms. The van der Waals surface area contributed by atoms with Gasteiger partial charge in [0, 0.05) is 36.1 Å². The van der Waals surface area contributed by atoms with E-state index in [1.54, 1.807) is 0 Å². The summed E-state index contributed by atoms with van der Waals surface area (Å²) in [7, 11) is 0. The molecule has 1 aromatic heterocycles. The highest BCUT2D eigenvalue weighted by Crippen LogP contribution is 2.27. The lowest BCUT2D eigenvalue weighted by molar-refractivity contribution is -0.128. The van der Waals surface area contributed by atoms with Crippen molar-refractivity contribution >= 4 is 28.3 Å². The van der Waals surface area contributed by atoms with Gasteiger partial charge in [-0.05, 0) is 36.2 Å². The molecule has 0 spiro atoms. The average molecular weight is 394 g/mol. The highest BCUT2D eigenvalue weighted by molar-refractivity contribution is 5.92. The van der Waals surface area contributed by atoms with E-state index < -0.39 is 0 Å². The molecule has 30 heavy (non-hydrogen) atoms. The summed E-state index contributed by atoms with van der Waals surface area (Å²) in [4.78, 5) is 23.3. The zero-order chi connectivity index (χ0) is 20.3. The van der Waals surface area contributed by atoms with Crippen LogP contribution >= 0.6 is 0 Å². The minimum absolute atomic E-state index is 0.248. The van der Waals surface area contributed by atoms with Gasteiger partial charge < -0.3 is 10.2 Å². The SMILES string of the molecule is O=C1CCCN1Cc1ccc(Nc2nc(-c3ccccc3)nc3ccccc23)cc1. The van der Waals surface area contributed by atoms with E-state index in [-0.39, 0.29) is 5.91 Å². The lowest BCUT2D eigenvalue weighted by atomic mass is 10.1. The van der Waals surface area contributed by atoms with Crippen LogP contribution in [0.3, 0.4) is 0 Å². The summed E-state index contributed by atoms with van der Waals surface area (Å²) in [5.41, 5.74) is 3.97. The molecule has 1 saturated heterocycles. The predicted octanol–water partition coefficient (Wildman–Crippen LogP) is 5.16. The molecule has 148 valence electrons. The van der Waals surface area contributed by atoms with E-state index in [0.717, 1.165) is 46.5 Å². The lowest BCUT2D eigenvalue weighted by Crippen LogP contribution is -2.23. The zero-order valence-corrected chi connectivity index (χ0v) is 16.6. The van der Waals surface area contributed by atoms with Crippen molar-refractivity contribution in [1.29, 1.82) is 0 Å². The third-order valence-electron chi connectivity index (χ3n) is 5.40. The number of carbonyl (C=O) groups is 1. The number of para-hydroxylation sites is 1. The molecule has 1 fully saturated rings. The van der Waals surface area contributed by atoms with E-state index in [0.29, 0.717) is 18.8 Å². The van der Waals surface area contributed by atoms with E-state index in [2.05, 4.69) is 17.4 Å². The van der Waals surface area contributed by atoms with Crippen LogP contribution in [0.2, 0.25) is 0 Å². The van der Waals surface area contributed by atoms with E-state index in [4.69, 9.17) is 9.97 Å². The number of aromatic nitrogens is 2. The van der Waals surface area contributed by atoms with Gasteiger partial charge in [-0.2, -0.15) is 0 Å². The molecule has 0 saturated carbocycles. The Hall–Kier alpha value is -3.73. The number of hydrogen-bond donors (Lipinski definition) is 1. The third kappa shape index (κ3) is 3.74. The molecular formula is C25H22N4O. The van der Waals surface area contributed by atoms with Crippen LogP contribution in [0.25, 0.3) is 22.3 Å². The van der Waals surface area contributed by atoms with Crippen LogP contribution in [-0.2, 0) is 11.3 Å². The van der Waals surface area contributed by atoms with Crippen molar-refractivity contribution < 1.29 is 4.79 Å². The molecular weight excluding hydrogens is 372 g/mol. The molecule has 0 atom stereocenters. The first-order valence-corrected chi connectivity index (χ1v) is 10.2. The number of benzene rings is 3. The Kier molecular flexibility index (Phi) is 4.85. The number of amides is 1. The fourth-order valence-corrected chi connectivity index (χ4v) is 3.81. The molecule has 1 N–H and O–H groups in total. The summed E-state index contributed by atoms with van der Waals surface area (Å²) in [5.74, 6) is 1.72. The van der Waals surface area contributed by atoms with Gasteiger partial charge in [0.15, 0.2) is 5.82 Å². The molecule has 3 aromatic carbocycles. The first-order valence-electron chi connectivity index (χ1n) is 10.2. The summed E-state index contributed by atoms with van der Waals surface area (Å²) in [5, 5.41) is 4.43. The van der Waals surface area contributed by atoms with Gasteiger partial charge >= 0.3 is 0 Å². The number of hydrogen-bond acceptors (Lipinski definition) is 4. The van der Waals surface area contributed by atoms with Crippen molar-refractivity contribution in [3.63, 3.8) is 0 Å². The Morgan fingerprint density at radius 1 is 0.867 bits per heavy atom. The third-order valence-corrected chi connectivity index (χ3v) is 5.40. The standard InChI is InChI=1S/C25H22N4O/c30-23-11-6-16-29(23)17-18-12-14-20(15-13-18)26-25-21-9-4-5-10-22(21)27-24(28-25)19-7-2-1-3-8-19/h1-5,7-10,12-15H,6,11,16-17H2,(H,26,27,28). The fourth-order valence-electron chi connectivity index (χ4n) is 3.81. The van der Waals surface area contributed by atoms with Crippen molar-refractivity contribution in [3.8, 4) is 11.4 Å². The maximum Gasteiger partial charge on any atom is 0.222 e. The van der Waals surface area contributed by atoms with Crippen molar-refractivity contribution in [3.05, 3.63) is 84.4 Å². The minimum atomic E-state index is 0.248. The Morgan fingerprint density at radius 3 is 2.40 bits per heavy atom. The van der Waals surface area contributed by atoms with E-state index in [9.17, 15) is 4.79 Å². The largest absolute Gasteiger partial charge is 0.340 e. The number of rotatable bonds is 5. The second-order valence-corrected chi connectivity index (χ2v) is 7.52. The smallest absolute Gasteiger partial charge is 0.222 e. The Balaban J connectivity index is 1.44. The van der Waals surface area contributed by atoms with Gasteiger partial charge in [-0.1, -0.05) is 54.6 Å². The van der Waals surface area contributed by atoms with Crippen LogP contribution in [0.15, 0.2) is 78.9 Å². The molecule has 0 radical (unpaired) electrons. The lowest BCUT2D eigenvalue weighted by Gasteiger charge is -2.16.